The van der Waals surface area contributed by atoms with E-state index in [-0.39, 0.29) is 66.8 Å². The Morgan fingerprint density at radius 2 is 0.796 bits per heavy atom. The number of benzene rings is 5. The van der Waals surface area contributed by atoms with Gasteiger partial charge < -0.3 is 9.47 Å². The van der Waals surface area contributed by atoms with Crippen molar-refractivity contribution in [2.75, 3.05) is 0 Å². The minimum Gasteiger partial charge on any atom is -0.457 e. The molecule has 0 spiro atoms. The van der Waals surface area contributed by atoms with E-state index in [0.717, 1.165) is 24.3 Å². The SMILES string of the molecule is O=C1c2cccc3c(Oc4cccc(Oc5ccc6c7c(cccc57)C(=O)N(OS(=O)(=O)C(F)(F)F)C6=O)c4)ccc(c23)C(=O)N1OS(=O)(=O)C(F)(F)F. The van der Waals surface area contributed by atoms with Gasteiger partial charge in [0.15, 0.2) is 0 Å². The Labute approximate surface area is 296 Å². The summed E-state index contributed by atoms with van der Waals surface area (Å²) in [4.78, 5) is 51.9. The molecule has 278 valence electrons. The van der Waals surface area contributed by atoms with Crippen LogP contribution in [0.4, 0.5) is 26.3 Å². The first-order chi connectivity index (χ1) is 25.2. The summed E-state index contributed by atoms with van der Waals surface area (Å²) in [6.45, 7) is 0. The summed E-state index contributed by atoms with van der Waals surface area (Å²) in [5, 5.41) is -0.913. The molecule has 2 aliphatic rings. The van der Waals surface area contributed by atoms with Crippen LogP contribution in [0.15, 0.2) is 84.9 Å². The number of imide groups is 2. The predicted octanol–water partition coefficient (Wildman–Crippen LogP) is 6.33. The molecular weight excluding hydrogens is 782 g/mol. The molecular formula is C32H14F6N2O12S2. The van der Waals surface area contributed by atoms with E-state index in [1.165, 1.54) is 60.7 Å². The Balaban J connectivity index is 1.18. The Bertz CT molecular complexity index is 2510. The molecule has 54 heavy (non-hydrogen) atoms. The van der Waals surface area contributed by atoms with Gasteiger partial charge in [0.25, 0.3) is 23.6 Å². The van der Waals surface area contributed by atoms with Gasteiger partial charge in [0.1, 0.15) is 23.0 Å². The highest BCUT2D eigenvalue weighted by Crippen LogP contribution is 2.41. The number of ether oxygens (including phenoxy) is 2. The van der Waals surface area contributed by atoms with Gasteiger partial charge in [0.2, 0.25) is 0 Å². The summed E-state index contributed by atoms with van der Waals surface area (Å²) < 4.78 is 144. The molecule has 0 saturated carbocycles. The molecule has 0 saturated heterocycles. The van der Waals surface area contributed by atoms with Crippen molar-refractivity contribution in [1.29, 1.82) is 0 Å². The Morgan fingerprint density at radius 1 is 0.463 bits per heavy atom. The zero-order valence-electron chi connectivity index (χ0n) is 26.0. The lowest BCUT2D eigenvalue weighted by Gasteiger charge is -2.26. The van der Waals surface area contributed by atoms with Crippen molar-refractivity contribution < 1.29 is 80.4 Å². The third kappa shape index (κ3) is 5.84. The molecule has 2 aliphatic heterocycles. The van der Waals surface area contributed by atoms with Crippen molar-refractivity contribution in [3.8, 4) is 23.0 Å². The molecule has 0 aliphatic carbocycles. The normalized spacial score (nSPS) is 15.0. The Hall–Kier alpha value is -6.10. The first-order valence-corrected chi connectivity index (χ1v) is 17.4. The van der Waals surface area contributed by atoms with E-state index in [2.05, 4.69) is 8.57 Å². The van der Waals surface area contributed by atoms with Gasteiger partial charge in [-0.25, -0.2) is 0 Å². The third-order valence-corrected chi connectivity index (χ3v) is 9.66. The monoisotopic (exact) mass is 796 g/mol. The van der Waals surface area contributed by atoms with Crippen LogP contribution in [-0.4, -0.2) is 61.6 Å². The van der Waals surface area contributed by atoms with Crippen LogP contribution in [0.5, 0.6) is 23.0 Å². The molecule has 0 fully saturated rings. The van der Waals surface area contributed by atoms with Crippen molar-refractivity contribution in [2.45, 2.75) is 11.0 Å². The highest BCUT2D eigenvalue weighted by molar-refractivity contribution is 7.87. The average molecular weight is 797 g/mol. The van der Waals surface area contributed by atoms with Crippen molar-refractivity contribution in [3.63, 3.8) is 0 Å². The standard InChI is InChI=1S/C32H14F6N2O12S2/c33-31(34,35)53(45,46)51-39-27(41)19-8-2-6-17-23(12-10-21(25(17)19)29(39)43)49-15-4-1-5-16(14-15)50-24-13-11-22-26-18(24)7-3-9-20(26)28(42)40(30(22)44)52-54(47,48)32(36,37)38/h1-14H. The van der Waals surface area contributed by atoms with E-state index in [4.69, 9.17) is 9.47 Å². The minimum absolute atomic E-state index is 0.0311. The summed E-state index contributed by atoms with van der Waals surface area (Å²) in [5.41, 5.74) is -13.4. The van der Waals surface area contributed by atoms with Gasteiger partial charge in [-0.3, -0.25) is 19.2 Å². The first kappa shape index (κ1) is 36.3. The molecule has 0 atom stereocenters. The maximum atomic E-state index is 13.0. The van der Waals surface area contributed by atoms with E-state index in [1.54, 1.807) is 0 Å². The van der Waals surface area contributed by atoms with Crippen molar-refractivity contribution >= 4 is 65.4 Å². The Kier molecular flexibility index (Phi) is 8.21. The van der Waals surface area contributed by atoms with E-state index in [1.807, 2.05) is 0 Å². The topological polar surface area (TPSA) is 180 Å². The minimum atomic E-state index is -6.39. The number of carbonyl (C=O) groups is 4. The van der Waals surface area contributed by atoms with E-state index in [0.29, 0.717) is 0 Å². The molecule has 7 rings (SSSR count). The molecule has 0 bridgehead atoms. The molecule has 0 radical (unpaired) electrons. The van der Waals surface area contributed by atoms with Crippen LogP contribution in [-0.2, 0) is 28.8 Å². The van der Waals surface area contributed by atoms with Gasteiger partial charge in [-0.15, -0.1) is 18.7 Å². The molecule has 22 heteroatoms. The van der Waals surface area contributed by atoms with Crippen molar-refractivity contribution in [1.82, 2.24) is 10.1 Å². The van der Waals surface area contributed by atoms with Gasteiger partial charge in [-0.1, -0.05) is 30.3 Å². The van der Waals surface area contributed by atoms with Gasteiger partial charge in [0, 0.05) is 27.6 Å². The van der Waals surface area contributed by atoms with Crippen LogP contribution in [0.1, 0.15) is 41.4 Å². The second-order valence-electron chi connectivity index (χ2n) is 11.1. The molecule has 0 aromatic heterocycles. The summed E-state index contributed by atoms with van der Waals surface area (Å²) in [6, 6.07) is 18.1. The summed E-state index contributed by atoms with van der Waals surface area (Å²) >= 11 is 0. The van der Waals surface area contributed by atoms with Crippen LogP contribution in [0.2, 0.25) is 0 Å². The number of hydrogen-bond donors (Lipinski definition) is 0. The molecule has 0 N–H and O–H groups in total. The summed E-state index contributed by atoms with van der Waals surface area (Å²) in [6.07, 6.45) is 0. The smallest absolute Gasteiger partial charge is 0.457 e. The lowest BCUT2D eigenvalue weighted by atomic mass is 9.94. The van der Waals surface area contributed by atoms with Gasteiger partial charge >= 0.3 is 31.3 Å². The molecule has 5 aromatic rings. The van der Waals surface area contributed by atoms with Crippen molar-refractivity contribution in [3.05, 3.63) is 107 Å². The fourth-order valence-electron chi connectivity index (χ4n) is 5.54. The van der Waals surface area contributed by atoms with Crippen LogP contribution in [0, 0.1) is 0 Å². The zero-order chi connectivity index (χ0) is 39.1. The van der Waals surface area contributed by atoms with Crippen LogP contribution >= 0.6 is 0 Å². The highest BCUT2D eigenvalue weighted by atomic mass is 32.2. The second kappa shape index (κ2) is 12.2. The third-order valence-electron chi connectivity index (χ3n) is 7.83. The number of alkyl halides is 6. The fraction of sp³-hybridized carbons (Fsp3) is 0.0625. The first-order valence-electron chi connectivity index (χ1n) is 14.6. The molecule has 5 aromatic carbocycles. The fourth-order valence-corrected chi connectivity index (χ4v) is 6.38. The average Bonchev–Trinajstić information content (AvgIpc) is 3.10. The molecule has 2 heterocycles. The lowest BCUT2D eigenvalue weighted by Crippen LogP contribution is -2.44. The molecule has 0 unspecified atom stereocenters. The number of hydrogen-bond acceptors (Lipinski definition) is 12. The quantitative estimate of drug-likeness (QED) is 0.0969. The summed E-state index contributed by atoms with van der Waals surface area (Å²) in [5.74, 6) is -5.72. The van der Waals surface area contributed by atoms with Crippen LogP contribution in [0.25, 0.3) is 21.5 Å². The van der Waals surface area contributed by atoms with E-state index >= 15 is 0 Å². The second-order valence-corrected chi connectivity index (χ2v) is 14.2. The maximum absolute atomic E-state index is 13.0. The van der Waals surface area contributed by atoms with Gasteiger partial charge in [-0.2, -0.15) is 43.2 Å². The largest absolute Gasteiger partial charge is 0.525 e. The van der Waals surface area contributed by atoms with Gasteiger partial charge in [-0.05, 0) is 48.5 Å². The highest BCUT2D eigenvalue weighted by Gasteiger charge is 2.53. The van der Waals surface area contributed by atoms with Crippen LogP contribution < -0.4 is 9.47 Å². The zero-order valence-corrected chi connectivity index (χ0v) is 27.6. The maximum Gasteiger partial charge on any atom is 0.525 e. The number of hydroxylamine groups is 4. The predicted molar refractivity (Wildman–Crippen MR) is 168 cm³/mol. The Morgan fingerprint density at radius 3 is 1.15 bits per heavy atom. The van der Waals surface area contributed by atoms with Crippen molar-refractivity contribution in [2.24, 2.45) is 0 Å². The number of carbonyl (C=O) groups excluding carboxylic acids is 4. The number of amides is 4. The van der Waals surface area contributed by atoms with E-state index in [9.17, 15) is 62.4 Å². The summed E-state index contributed by atoms with van der Waals surface area (Å²) in [7, 11) is -12.8. The van der Waals surface area contributed by atoms with Gasteiger partial charge in [0.05, 0.1) is 22.3 Å². The molecule has 14 nitrogen and oxygen atoms in total. The number of halogens is 6. The van der Waals surface area contributed by atoms with Crippen LogP contribution in [0.3, 0.4) is 0 Å². The van der Waals surface area contributed by atoms with E-state index < -0.39 is 65.0 Å². The lowest BCUT2D eigenvalue weighted by molar-refractivity contribution is -0.0768. The number of nitrogens with zero attached hydrogens (tertiary/aromatic N) is 2. The molecule has 4 amide bonds. The number of rotatable bonds is 8.